The van der Waals surface area contributed by atoms with Crippen molar-refractivity contribution in [2.75, 3.05) is 19.6 Å². The zero-order chi connectivity index (χ0) is 8.27. The fourth-order valence-corrected chi connectivity index (χ4v) is 1.86. The molecule has 0 bridgehead atoms. The van der Waals surface area contributed by atoms with E-state index >= 15 is 0 Å². The molecule has 0 radical (unpaired) electrons. The van der Waals surface area contributed by atoms with Crippen molar-refractivity contribution in [3.63, 3.8) is 0 Å². The molecule has 0 fully saturated rings. The van der Waals surface area contributed by atoms with Crippen molar-refractivity contribution in [2.24, 2.45) is 0 Å². The summed E-state index contributed by atoms with van der Waals surface area (Å²) in [6.07, 6.45) is 4.38. The summed E-state index contributed by atoms with van der Waals surface area (Å²) in [5.41, 5.74) is 0. The fraction of sp³-hybridized carbons (Fsp3) is 0.333. The Labute approximate surface area is 70.7 Å². The Morgan fingerprint density at radius 1 is 1.18 bits per heavy atom. The van der Waals surface area contributed by atoms with Crippen molar-refractivity contribution in [3.8, 4) is 5.75 Å². The summed E-state index contributed by atoms with van der Waals surface area (Å²) in [7, 11) is 2.00. The van der Waals surface area contributed by atoms with Gasteiger partial charge in [-0.3, -0.25) is 0 Å². The van der Waals surface area contributed by atoms with E-state index in [0.717, 1.165) is 5.75 Å². The highest BCUT2D eigenvalue weighted by atomic mass is 32.2. The summed E-state index contributed by atoms with van der Waals surface area (Å²) in [4.78, 5) is 1.30. The first-order valence-electron chi connectivity index (χ1n) is 3.46. The van der Waals surface area contributed by atoms with E-state index in [0.29, 0.717) is 0 Å². The minimum absolute atomic E-state index is 0.285. The van der Waals surface area contributed by atoms with E-state index in [1.807, 2.05) is 18.2 Å². The van der Waals surface area contributed by atoms with Gasteiger partial charge in [0, 0.05) is 10.9 Å². The molecule has 0 unspecified atom stereocenters. The van der Waals surface area contributed by atoms with Crippen LogP contribution in [-0.4, -0.2) is 19.6 Å². The van der Waals surface area contributed by atoms with Crippen molar-refractivity contribution in [1.82, 2.24) is 0 Å². The first-order valence-corrected chi connectivity index (χ1v) is 5.50. The Bertz CT molecular complexity index is 233. The average Bonchev–Trinajstić information content (AvgIpc) is 2.04. The zero-order valence-electron chi connectivity index (χ0n) is 7.13. The number of hydrogen-bond acceptors (Lipinski definition) is 1. The highest BCUT2D eigenvalue weighted by Gasteiger charge is 2.13. The lowest BCUT2D eigenvalue weighted by atomic mass is 10.3. The maximum atomic E-state index is 5.21. The number of methoxy groups -OCH3 is 1. The van der Waals surface area contributed by atoms with Crippen LogP contribution in [0.4, 0.5) is 0 Å². The predicted octanol–water partition coefficient (Wildman–Crippen LogP) is 1.93. The van der Waals surface area contributed by atoms with Gasteiger partial charge in [0.25, 0.3) is 0 Å². The summed E-state index contributed by atoms with van der Waals surface area (Å²) in [6.45, 7) is 0. The van der Waals surface area contributed by atoms with Crippen LogP contribution in [0.15, 0.2) is 29.2 Å². The predicted molar refractivity (Wildman–Crippen MR) is 50.5 cm³/mol. The molecule has 0 atom stereocenters. The highest BCUT2D eigenvalue weighted by molar-refractivity contribution is 7.95. The Morgan fingerprint density at radius 3 is 2.27 bits per heavy atom. The van der Waals surface area contributed by atoms with E-state index in [2.05, 4.69) is 18.6 Å². The lowest BCUT2D eigenvalue weighted by molar-refractivity contribution is 0.404. The van der Waals surface area contributed by atoms with Crippen LogP contribution >= 0.6 is 0 Å². The van der Waals surface area contributed by atoms with Crippen LogP contribution in [0.1, 0.15) is 0 Å². The highest BCUT2D eigenvalue weighted by Crippen LogP contribution is 2.22. The number of hydrogen-bond donors (Lipinski definition) is 0. The van der Waals surface area contributed by atoms with Gasteiger partial charge in [0.2, 0.25) is 0 Å². The molecule has 2 heteroatoms. The fourth-order valence-electron chi connectivity index (χ4n) is 0.956. The van der Waals surface area contributed by atoms with E-state index in [1.54, 1.807) is 7.11 Å². The van der Waals surface area contributed by atoms with Crippen LogP contribution in [0.2, 0.25) is 0 Å². The Kier molecular flexibility index (Phi) is 2.83. The molecule has 1 rings (SSSR count). The van der Waals surface area contributed by atoms with Gasteiger partial charge < -0.3 is 4.74 Å². The molecule has 0 saturated carbocycles. The third-order valence-electron chi connectivity index (χ3n) is 1.51. The molecular weight excluding hydrogens is 156 g/mol. The number of ether oxygens (including phenoxy) is 1. The second-order valence-corrected chi connectivity index (χ2v) is 4.54. The molecule has 0 amide bonds. The molecule has 11 heavy (non-hydrogen) atoms. The van der Waals surface area contributed by atoms with E-state index in [9.17, 15) is 0 Å². The van der Waals surface area contributed by atoms with Crippen molar-refractivity contribution in [2.45, 2.75) is 4.90 Å². The summed E-state index contributed by atoms with van der Waals surface area (Å²) in [5, 5.41) is 0. The standard InChI is InChI=1S/C9H13OS/c1-10-8-6-4-5-7-9(8)11(2)3/h4-7H,1-3H3/q+1. The van der Waals surface area contributed by atoms with Crippen LogP contribution in [-0.2, 0) is 10.9 Å². The Hall–Kier alpha value is -0.630. The van der Waals surface area contributed by atoms with E-state index < -0.39 is 0 Å². The molecule has 0 N–H and O–H groups in total. The lowest BCUT2D eigenvalue weighted by Gasteiger charge is -2.02. The normalized spacial score (nSPS) is 10.2. The minimum Gasteiger partial charge on any atom is -0.492 e. The summed E-state index contributed by atoms with van der Waals surface area (Å²) < 4.78 is 5.21. The SMILES string of the molecule is COc1ccccc1[S+](C)C. The molecule has 0 aromatic heterocycles. The largest absolute Gasteiger partial charge is 0.492 e. The molecule has 0 aliphatic rings. The lowest BCUT2D eigenvalue weighted by Crippen LogP contribution is -1.98. The quantitative estimate of drug-likeness (QED) is 0.615. The maximum Gasteiger partial charge on any atom is 0.196 e. The van der Waals surface area contributed by atoms with Crippen LogP contribution < -0.4 is 4.74 Å². The molecular formula is C9H13OS+. The van der Waals surface area contributed by atoms with Gasteiger partial charge in [-0.15, -0.1) is 0 Å². The smallest absolute Gasteiger partial charge is 0.196 e. The van der Waals surface area contributed by atoms with Crippen LogP contribution in [0.5, 0.6) is 5.75 Å². The molecule has 60 valence electrons. The second-order valence-electron chi connectivity index (χ2n) is 2.47. The van der Waals surface area contributed by atoms with Gasteiger partial charge in [-0.05, 0) is 12.1 Å². The van der Waals surface area contributed by atoms with Gasteiger partial charge in [-0.1, -0.05) is 12.1 Å². The van der Waals surface area contributed by atoms with E-state index in [1.165, 1.54) is 4.90 Å². The topological polar surface area (TPSA) is 9.23 Å². The van der Waals surface area contributed by atoms with Crippen molar-refractivity contribution in [3.05, 3.63) is 24.3 Å². The first kappa shape index (κ1) is 8.47. The van der Waals surface area contributed by atoms with Crippen LogP contribution in [0.25, 0.3) is 0 Å². The van der Waals surface area contributed by atoms with Gasteiger partial charge in [0.1, 0.15) is 12.5 Å². The minimum atomic E-state index is 0.285. The Morgan fingerprint density at radius 2 is 1.82 bits per heavy atom. The zero-order valence-corrected chi connectivity index (χ0v) is 7.94. The van der Waals surface area contributed by atoms with Crippen molar-refractivity contribution >= 4 is 10.9 Å². The van der Waals surface area contributed by atoms with Gasteiger partial charge in [-0.25, -0.2) is 0 Å². The van der Waals surface area contributed by atoms with E-state index in [-0.39, 0.29) is 10.9 Å². The molecule has 0 spiro atoms. The molecule has 0 aliphatic heterocycles. The summed E-state index contributed by atoms with van der Waals surface area (Å²) >= 11 is 0. The van der Waals surface area contributed by atoms with Gasteiger partial charge in [0.05, 0.1) is 7.11 Å². The van der Waals surface area contributed by atoms with Crippen molar-refractivity contribution in [1.29, 1.82) is 0 Å². The second kappa shape index (κ2) is 3.67. The van der Waals surface area contributed by atoms with Crippen LogP contribution in [0.3, 0.4) is 0 Å². The van der Waals surface area contributed by atoms with Crippen LogP contribution in [0, 0.1) is 0 Å². The van der Waals surface area contributed by atoms with Gasteiger partial charge in [0.15, 0.2) is 10.6 Å². The third kappa shape index (κ3) is 1.90. The summed E-state index contributed by atoms with van der Waals surface area (Å²) in [5.74, 6) is 1.00. The Balaban J connectivity index is 3.02. The number of benzene rings is 1. The maximum absolute atomic E-state index is 5.21. The number of para-hydroxylation sites is 1. The summed E-state index contributed by atoms with van der Waals surface area (Å²) in [6, 6.07) is 8.16. The first-order chi connectivity index (χ1) is 5.25. The number of rotatable bonds is 2. The molecule has 1 nitrogen and oxygen atoms in total. The van der Waals surface area contributed by atoms with Crippen molar-refractivity contribution < 1.29 is 4.74 Å². The van der Waals surface area contributed by atoms with E-state index in [4.69, 9.17) is 4.74 Å². The third-order valence-corrected chi connectivity index (χ3v) is 2.73. The average molecular weight is 169 g/mol. The monoisotopic (exact) mass is 169 g/mol. The molecule has 0 saturated heterocycles. The molecule has 1 aromatic carbocycles. The molecule has 1 aromatic rings. The van der Waals surface area contributed by atoms with Gasteiger partial charge >= 0.3 is 0 Å². The van der Waals surface area contributed by atoms with Gasteiger partial charge in [-0.2, -0.15) is 0 Å². The molecule has 0 heterocycles. The molecule has 0 aliphatic carbocycles.